The lowest BCUT2D eigenvalue weighted by atomic mass is 10.2. The third-order valence-corrected chi connectivity index (χ3v) is 4.59. The number of aromatic nitrogens is 1. The average molecular weight is 322 g/mol. The van der Waals surface area contributed by atoms with E-state index in [1.54, 1.807) is 6.20 Å². The highest BCUT2D eigenvalue weighted by molar-refractivity contribution is 5.93. The Balaban J connectivity index is 1.36. The molecule has 2 aromatic rings. The highest BCUT2D eigenvalue weighted by atomic mass is 16.2. The SMILES string of the molecule is O=C(Nc1ccc(Nc2ccc(N3CCCC3)cc2)nc1)C1CC1. The Hall–Kier alpha value is -2.56. The lowest BCUT2D eigenvalue weighted by Crippen LogP contribution is -2.17. The van der Waals surface area contributed by atoms with Crippen LogP contribution in [-0.4, -0.2) is 24.0 Å². The van der Waals surface area contributed by atoms with Crippen molar-refractivity contribution < 1.29 is 4.79 Å². The van der Waals surface area contributed by atoms with Gasteiger partial charge in [-0.05, 0) is 62.1 Å². The number of benzene rings is 1. The fourth-order valence-corrected chi connectivity index (χ4v) is 3.01. The first-order chi connectivity index (χ1) is 11.8. The smallest absolute Gasteiger partial charge is 0.227 e. The molecular formula is C19H22N4O. The number of hydrogen-bond donors (Lipinski definition) is 2. The van der Waals surface area contributed by atoms with Gasteiger partial charge >= 0.3 is 0 Å². The van der Waals surface area contributed by atoms with Gasteiger partial charge in [0.1, 0.15) is 5.82 Å². The highest BCUT2D eigenvalue weighted by Crippen LogP contribution is 2.30. The molecule has 1 aliphatic carbocycles. The minimum Gasteiger partial charge on any atom is -0.372 e. The number of pyridine rings is 1. The Kier molecular flexibility index (Phi) is 4.07. The summed E-state index contributed by atoms with van der Waals surface area (Å²) in [6, 6.07) is 12.2. The molecule has 5 heteroatoms. The van der Waals surface area contributed by atoms with Crippen LogP contribution in [-0.2, 0) is 4.79 Å². The molecule has 2 N–H and O–H groups in total. The minimum atomic E-state index is 0.106. The first-order valence-electron chi connectivity index (χ1n) is 8.67. The van der Waals surface area contributed by atoms with Crippen molar-refractivity contribution in [3.8, 4) is 0 Å². The van der Waals surface area contributed by atoms with E-state index in [9.17, 15) is 4.79 Å². The topological polar surface area (TPSA) is 57.3 Å². The maximum Gasteiger partial charge on any atom is 0.227 e. The van der Waals surface area contributed by atoms with Gasteiger partial charge < -0.3 is 15.5 Å². The number of rotatable bonds is 5. The van der Waals surface area contributed by atoms with E-state index in [2.05, 4.69) is 44.8 Å². The first-order valence-corrected chi connectivity index (χ1v) is 8.67. The van der Waals surface area contributed by atoms with E-state index in [0.29, 0.717) is 0 Å². The van der Waals surface area contributed by atoms with E-state index < -0.39 is 0 Å². The van der Waals surface area contributed by atoms with Crippen molar-refractivity contribution in [3.05, 3.63) is 42.6 Å². The monoisotopic (exact) mass is 322 g/mol. The first kappa shape index (κ1) is 15.0. The second-order valence-electron chi connectivity index (χ2n) is 6.56. The van der Waals surface area contributed by atoms with Crippen LogP contribution in [0.25, 0.3) is 0 Å². The summed E-state index contributed by atoms with van der Waals surface area (Å²) in [5.74, 6) is 1.08. The Bertz CT molecular complexity index is 701. The molecular weight excluding hydrogens is 300 g/mol. The summed E-state index contributed by atoms with van der Waals surface area (Å²) >= 11 is 0. The molecule has 1 saturated heterocycles. The average Bonchev–Trinajstić information content (AvgIpc) is 3.32. The van der Waals surface area contributed by atoms with Gasteiger partial charge in [0.2, 0.25) is 5.91 Å². The van der Waals surface area contributed by atoms with Gasteiger partial charge in [-0.1, -0.05) is 0 Å². The number of hydrogen-bond acceptors (Lipinski definition) is 4. The predicted molar refractivity (Wildman–Crippen MR) is 96.8 cm³/mol. The standard InChI is InChI=1S/C19H22N4O/c24-19(14-3-4-14)22-16-7-10-18(20-13-16)21-15-5-8-17(9-6-15)23-11-1-2-12-23/h5-10,13-14H,1-4,11-12H2,(H,20,21)(H,22,24). The van der Waals surface area contributed by atoms with Crippen molar-refractivity contribution in [2.45, 2.75) is 25.7 Å². The quantitative estimate of drug-likeness (QED) is 0.880. The van der Waals surface area contributed by atoms with Crippen molar-refractivity contribution in [3.63, 3.8) is 0 Å². The number of nitrogens with one attached hydrogen (secondary N) is 2. The van der Waals surface area contributed by atoms with E-state index in [-0.39, 0.29) is 11.8 Å². The van der Waals surface area contributed by atoms with Gasteiger partial charge in [0, 0.05) is 30.4 Å². The summed E-state index contributed by atoms with van der Waals surface area (Å²) in [6.07, 6.45) is 6.28. The molecule has 0 atom stereocenters. The summed E-state index contributed by atoms with van der Waals surface area (Å²) in [4.78, 5) is 18.5. The van der Waals surface area contributed by atoms with Crippen LogP contribution in [0.4, 0.5) is 22.9 Å². The van der Waals surface area contributed by atoms with Gasteiger partial charge in [0.05, 0.1) is 11.9 Å². The van der Waals surface area contributed by atoms with Gasteiger partial charge in [-0.15, -0.1) is 0 Å². The van der Waals surface area contributed by atoms with Crippen LogP contribution < -0.4 is 15.5 Å². The Morgan fingerprint density at radius 2 is 1.71 bits per heavy atom. The summed E-state index contributed by atoms with van der Waals surface area (Å²) < 4.78 is 0. The molecule has 1 aliphatic heterocycles. The molecule has 1 saturated carbocycles. The zero-order valence-corrected chi connectivity index (χ0v) is 13.7. The van der Waals surface area contributed by atoms with Crippen molar-refractivity contribution in [2.75, 3.05) is 28.6 Å². The van der Waals surface area contributed by atoms with Crippen LogP contribution >= 0.6 is 0 Å². The summed E-state index contributed by atoms with van der Waals surface area (Å²) in [5, 5.41) is 6.19. The molecule has 1 amide bonds. The van der Waals surface area contributed by atoms with Gasteiger partial charge in [-0.2, -0.15) is 0 Å². The van der Waals surface area contributed by atoms with Crippen LogP contribution in [0.1, 0.15) is 25.7 Å². The number of amides is 1. The Morgan fingerprint density at radius 1 is 1.00 bits per heavy atom. The van der Waals surface area contributed by atoms with E-state index in [1.165, 1.54) is 18.5 Å². The van der Waals surface area contributed by atoms with Gasteiger partial charge in [0.15, 0.2) is 0 Å². The van der Waals surface area contributed by atoms with E-state index in [4.69, 9.17) is 0 Å². The third-order valence-electron chi connectivity index (χ3n) is 4.59. The van der Waals surface area contributed by atoms with E-state index >= 15 is 0 Å². The normalized spacial score (nSPS) is 16.9. The van der Waals surface area contributed by atoms with Crippen molar-refractivity contribution in [2.24, 2.45) is 5.92 Å². The largest absolute Gasteiger partial charge is 0.372 e. The van der Waals surface area contributed by atoms with Crippen molar-refractivity contribution in [1.82, 2.24) is 4.98 Å². The van der Waals surface area contributed by atoms with Crippen LogP contribution in [0.2, 0.25) is 0 Å². The zero-order chi connectivity index (χ0) is 16.4. The summed E-state index contributed by atoms with van der Waals surface area (Å²) in [7, 11) is 0. The molecule has 1 aromatic carbocycles. The van der Waals surface area contributed by atoms with E-state index in [0.717, 1.165) is 43.1 Å². The Morgan fingerprint density at radius 3 is 2.33 bits per heavy atom. The molecule has 2 fully saturated rings. The molecule has 2 aliphatic rings. The maximum absolute atomic E-state index is 11.7. The molecule has 124 valence electrons. The molecule has 0 bridgehead atoms. The molecule has 0 spiro atoms. The van der Waals surface area contributed by atoms with Gasteiger partial charge in [0.25, 0.3) is 0 Å². The van der Waals surface area contributed by atoms with Crippen LogP contribution in [0.5, 0.6) is 0 Å². The fraction of sp³-hybridized carbons (Fsp3) is 0.368. The molecule has 0 radical (unpaired) electrons. The highest BCUT2D eigenvalue weighted by Gasteiger charge is 2.29. The fourth-order valence-electron chi connectivity index (χ4n) is 3.01. The third kappa shape index (κ3) is 3.50. The number of anilines is 4. The molecule has 0 unspecified atom stereocenters. The van der Waals surface area contributed by atoms with E-state index in [1.807, 2.05) is 12.1 Å². The summed E-state index contributed by atoms with van der Waals surface area (Å²) in [5.41, 5.74) is 3.05. The molecule has 1 aromatic heterocycles. The van der Waals surface area contributed by atoms with Crippen LogP contribution in [0.3, 0.4) is 0 Å². The Labute approximate surface area is 142 Å². The maximum atomic E-state index is 11.7. The summed E-state index contributed by atoms with van der Waals surface area (Å²) in [6.45, 7) is 2.31. The number of carbonyl (C=O) groups is 1. The lowest BCUT2D eigenvalue weighted by Gasteiger charge is -2.17. The van der Waals surface area contributed by atoms with Crippen LogP contribution in [0.15, 0.2) is 42.6 Å². The van der Waals surface area contributed by atoms with Gasteiger partial charge in [-0.3, -0.25) is 4.79 Å². The molecule has 24 heavy (non-hydrogen) atoms. The van der Waals surface area contributed by atoms with Crippen molar-refractivity contribution in [1.29, 1.82) is 0 Å². The van der Waals surface area contributed by atoms with Crippen LogP contribution in [0, 0.1) is 5.92 Å². The molecule has 5 nitrogen and oxygen atoms in total. The number of carbonyl (C=O) groups excluding carboxylic acids is 1. The molecule has 4 rings (SSSR count). The zero-order valence-electron chi connectivity index (χ0n) is 13.7. The second kappa shape index (κ2) is 6.51. The number of nitrogens with zero attached hydrogens (tertiary/aromatic N) is 2. The second-order valence-corrected chi connectivity index (χ2v) is 6.56. The van der Waals surface area contributed by atoms with Gasteiger partial charge in [-0.25, -0.2) is 4.98 Å². The molecule has 2 heterocycles. The predicted octanol–water partition coefficient (Wildman–Crippen LogP) is 3.77. The minimum absolute atomic E-state index is 0.106. The van der Waals surface area contributed by atoms with Crippen molar-refractivity contribution >= 4 is 28.8 Å². The lowest BCUT2D eigenvalue weighted by molar-refractivity contribution is -0.117.